The third kappa shape index (κ3) is 5.30. The normalized spacial score (nSPS) is 21.3. The lowest BCUT2D eigenvalue weighted by atomic mass is 9.98. The summed E-state index contributed by atoms with van der Waals surface area (Å²) in [6, 6.07) is 8.06. The Balaban J connectivity index is 1.18. The third-order valence-electron chi connectivity index (χ3n) is 6.97. The highest BCUT2D eigenvalue weighted by atomic mass is 16.2. The Morgan fingerprint density at radius 1 is 1.09 bits per heavy atom. The zero-order chi connectivity index (χ0) is 22.6. The summed E-state index contributed by atoms with van der Waals surface area (Å²) in [7, 11) is 2.16. The highest BCUT2D eigenvalue weighted by Crippen LogP contribution is 2.35. The summed E-state index contributed by atoms with van der Waals surface area (Å²) in [6.07, 6.45) is 4.16. The fourth-order valence-electron chi connectivity index (χ4n) is 4.99. The van der Waals surface area contributed by atoms with Crippen LogP contribution >= 0.6 is 0 Å². The summed E-state index contributed by atoms with van der Waals surface area (Å²) in [5, 5.41) is 5.85. The Hall–Kier alpha value is -2.45. The molecule has 2 aliphatic heterocycles. The van der Waals surface area contributed by atoms with Crippen LogP contribution in [0.5, 0.6) is 0 Å². The summed E-state index contributed by atoms with van der Waals surface area (Å²) in [5.74, 6) is -0.172. The van der Waals surface area contributed by atoms with Crippen LogP contribution in [0.15, 0.2) is 24.3 Å². The van der Waals surface area contributed by atoms with Crippen molar-refractivity contribution in [3.8, 4) is 0 Å². The molecular weight excluding hydrogens is 406 g/mol. The minimum Gasteiger partial charge on any atom is -0.352 e. The molecule has 0 aromatic heterocycles. The zero-order valence-corrected chi connectivity index (χ0v) is 19.1. The molecular formula is C24H35N5O3. The number of urea groups is 1. The van der Waals surface area contributed by atoms with Crippen LogP contribution in [0.25, 0.3) is 0 Å². The minimum atomic E-state index is -0.672. The molecule has 32 heavy (non-hydrogen) atoms. The van der Waals surface area contributed by atoms with E-state index in [-0.39, 0.29) is 17.8 Å². The van der Waals surface area contributed by atoms with Gasteiger partial charge in [0.2, 0.25) is 5.91 Å². The number of carbonyl (C=O) groups excluding carboxylic acids is 3. The van der Waals surface area contributed by atoms with Gasteiger partial charge in [0.15, 0.2) is 0 Å². The molecule has 0 bridgehead atoms. The van der Waals surface area contributed by atoms with Crippen molar-refractivity contribution in [2.75, 3.05) is 39.8 Å². The number of amides is 4. The molecule has 1 saturated carbocycles. The van der Waals surface area contributed by atoms with Crippen molar-refractivity contribution in [1.82, 2.24) is 25.3 Å². The molecule has 4 amide bonds. The van der Waals surface area contributed by atoms with E-state index in [1.54, 1.807) is 0 Å². The van der Waals surface area contributed by atoms with Crippen molar-refractivity contribution in [2.45, 2.75) is 57.2 Å². The molecule has 2 heterocycles. The lowest BCUT2D eigenvalue weighted by molar-refractivity contribution is -0.131. The lowest BCUT2D eigenvalue weighted by Crippen LogP contribution is -2.44. The second kappa shape index (κ2) is 10.0. The monoisotopic (exact) mass is 441 g/mol. The zero-order valence-electron chi connectivity index (χ0n) is 19.1. The van der Waals surface area contributed by atoms with Gasteiger partial charge >= 0.3 is 6.03 Å². The number of likely N-dealkylation sites (N-methyl/N-ethyl adjacent to an activating group) is 1. The molecule has 0 atom stereocenters. The number of nitrogens with zero attached hydrogens (tertiary/aromatic N) is 3. The molecule has 1 spiro atoms. The third-order valence-corrected chi connectivity index (χ3v) is 6.97. The van der Waals surface area contributed by atoms with Crippen LogP contribution < -0.4 is 10.6 Å². The molecule has 1 aromatic rings. The molecule has 2 N–H and O–H groups in total. The maximum absolute atomic E-state index is 12.7. The van der Waals surface area contributed by atoms with Crippen molar-refractivity contribution in [2.24, 2.45) is 0 Å². The second-order valence-corrected chi connectivity index (χ2v) is 9.46. The average Bonchev–Trinajstić information content (AvgIpc) is 3.34. The van der Waals surface area contributed by atoms with E-state index >= 15 is 0 Å². The number of hydrogen-bond acceptors (Lipinski definition) is 5. The molecule has 8 heteroatoms. The van der Waals surface area contributed by atoms with Gasteiger partial charge in [-0.15, -0.1) is 0 Å². The Labute approximate surface area is 190 Å². The van der Waals surface area contributed by atoms with Gasteiger partial charge in [0.1, 0.15) is 5.54 Å². The average molecular weight is 442 g/mol. The van der Waals surface area contributed by atoms with E-state index in [9.17, 15) is 14.4 Å². The standard InChI is InChI=1S/C24H35N5O3/c1-27-12-14-28(15-13-27)18-20-7-4-6-19(16-20)17-25-21(30)8-5-11-29-22(31)24(26-23(29)32)9-2-3-10-24/h4,6-7,16H,2-3,5,8-15,17-18H2,1H3,(H,25,30)(H,26,32). The molecule has 1 aromatic carbocycles. The van der Waals surface area contributed by atoms with Gasteiger partial charge in [0.05, 0.1) is 0 Å². The Kier molecular flexibility index (Phi) is 7.10. The number of piperazine rings is 1. The predicted octanol–water partition coefficient (Wildman–Crippen LogP) is 1.70. The molecule has 8 nitrogen and oxygen atoms in total. The van der Waals surface area contributed by atoms with E-state index in [1.807, 2.05) is 12.1 Å². The number of nitrogens with one attached hydrogen (secondary N) is 2. The molecule has 0 unspecified atom stereocenters. The first kappa shape index (κ1) is 22.7. The SMILES string of the molecule is CN1CCN(Cc2cccc(CNC(=O)CCCN3C(=O)NC4(CCCC4)C3=O)c2)CC1. The van der Waals surface area contributed by atoms with Gasteiger partial charge in [-0.05, 0) is 37.4 Å². The van der Waals surface area contributed by atoms with Crippen LogP contribution in [0.3, 0.4) is 0 Å². The molecule has 2 saturated heterocycles. The molecule has 4 rings (SSSR count). The molecule has 3 aliphatic rings. The van der Waals surface area contributed by atoms with Crippen LogP contribution in [-0.4, -0.2) is 77.9 Å². The van der Waals surface area contributed by atoms with Crippen LogP contribution in [0.2, 0.25) is 0 Å². The van der Waals surface area contributed by atoms with Gasteiger partial charge in [-0.2, -0.15) is 0 Å². The fraction of sp³-hybridized carbons (Fsp3) is 0.625. The Bertz CT molecular complexity index is 844. The first-order valence-electron chi connectivity index (χ1n) is 11.8. The first-order valence-corrected chi connectivity index (χ1v) is 11.8. The number of rotatable bonds is 8. The molecule has 0 radical (unpaired) electrons. The Morgan fingerprint density at radius 3 is 2.56 bits per heavy atom. The molecule has 1 aliphatic carbocycles. The topological polar surface area (TPSA) is 85.0 Å². The van der Waals surface area contributed by atoms with Crippen LogP contribution in [0, 0.1) is 0 Å². The predicted molar refractivity (Wildman–Crippen MR) is 122 cm³/mol. The fourth-order valence-corrected chi connectivity index (χ4v) is 4.99. The first-order chi connectivity index (χ1) is 15.4. The van der Waals surface area contributed by atoms with Gasteiger partial charge in [0, 0.05) is 52.2 Å². The van der Waals surface area contributed by atoms with Crippen molar-refractivity contribution in [3.05, 3.63) is 35.4 Å². The summed E-state index contributed by atoms with van der Waals surface area (Å²) in [6.45, 7) is 6.07. The number of hydrogen-bond donors (Lipinski definition) is 2. The number of carbonyl (C=O) groups is 3. The smallest absolute Gasteiger partial charge is 0.325 e. The molecule has 3 fully saturated rings. The van der Waals surface area contributed by atoms with Gasteiger partial charge in [-0.25, -0.2) is 4.79 Å². The summed E-state index contributed by atoms with van der Waals surface area (Å²) >= 11 is 0. The van der Waals surface area contributed by atoms with E-state index < -0.39 is 5.54 Å². The lowest BCUT2D eigenvalue weighted by Gasteiger charge is -2.32. The van der Waals surface area contributed by atoms with Crippen molar-refractivity contribution in [1.29, 1.82) is 0 Å². The van der Waals surface area contributed by atoms with Crippen LogP contribution in [-0.2, 0) is 22.7 Å². The Morgan fingerprint density at radius 2 is 1.81 bits per heavy atom. The van der Waals surface area contributed by atoms with Crippen LogP contribution in [0.1, 0.15) is 49.7 Å². The van der Waals surface area contributed by atoms with Gasteiger partial charge in [0.25, 0.3) is 5.91 Å². The van der Waals surface area contributed by atoms with Crippen molar-refractivity contribution >= 4 is 17.8 Å². The van der Waals surface area contributed by atoms with E-state index in [2.05, 4.69) is 39.6 Å². The van der Waals surface area contributed by atoms with Crippen molar-refractivity contribution < 1.29 is 14.4 Å². The highest BCUT2D eigenvalue weighted by Gasteiger charge is 2.52. The maximum Gasteiger partial charge on any atom is 0.325 e. The van der Waals surface area contributed by atoms with Gasteiger partial charge in [-0.3, -0.25) is 19.4 Å². The number of benzene rings is 1. The molecule has 174 valence electrons. The van der Waals surface area contributed by atoms with E-state index in [0.29, 0.717) is 25.9 Å². The van der Waals surface area contributed by atoms with E-state index in [1.165, 1.54) is 10.5 Å². The second-order valence-electron chi connectivity index (χ2n) is 9.46. The van der Waals surface area contributed by atoms with E-state index in [0.717, 1.165) is 64.0 Å². The number of imide groups is 1. The van der Waals surface area contributed by atoms with E-state index in [4.69, 9.17) is 0 Å². The maximum atomic E-state index is 12.7. The van der Waals surface area contributed by atoms with Gasteiger partial charge < -0.3 is 15.5 Å². The largest absolute Gasteiger partial charge is 0.352 e. The summed E-state index contributed by atoms with van der Waals surface area (Å²) in [5.41, 5.74) is 1.68. The highest BCUT2D eigenvalue weighted by molar-refractivity contribution is 6.07. The van der Waals surface area contributed by atoms with Crippen LogP contribution in [0.4, 0.5) is 4.79 Å². The van der Waals surface area contributed by atoms with Gasteiger partial charge in [-0.1, -0.05) is 37.1 Å². The summed E-state index contributed by atoms with van der Waals surface area (Å²) < 4.78 is 0. The van der Waals surface area contributed by atoms with Crippen molar-refractivity contribution in [3.63, 3.8) is 0 Å². The summed E-state index contributed by atoms with van der Waals surface area (Å²) in [4.78, 5) is 43.3. The quantitative estimate of drug-likeness (QED) is 0.600. The minimum absolute atomic E-state index is 0.0582.